The highest BCUT2D eigenvalue weighted by molar-refractivity contribution is 14.0. The fourth-order valence-corrected chi connectivity index (χ4v) is 3.38. The number of nitrogens with one attached hydrogen (secondary N) is 1. The molecule has 0 atom stereocenters. The van der Waals surface area contributed by atoms with Gasteiger partial charge < -0.3 is 10.2 Å². The highest BCUT2D eigenvalue weighted by atomic mass is 127. The van der Waals surface area contributed by atoms with E-state index >= 15 is 0 Å². The first-order valence-corrected chi connectivity index (χ1v) is 7.82. The van der Waals surface area contributed by atoms with Crippen molar-refractivity contribution in [3.8, 4) is 0 Å². The van der Waals surface area contributed by atoms with Gasteiger partial charge in [0.05, 0.1) is 12.2 Å². The Kier molecular flexibility index (Phi) is 5.13. The third-order valence-corrected chi connectivity index (χ3v) is 4.53. The zero-order valence-electron chi connectivity index (χ0n) is 12.7. The predicted molar refractivity (Wildman–Crippen MR) is 98.7 cm³/mol. The van der Waals surface area contributed by atoms with Gasteiger partial charge in [-0.15, -0.1) is 35.3 Å². The van der Waals surface area contributed by atoms with Crippen LogP contribution in [-0.4, -0.2) is 40.4 Å². The number of halogens is 1. The zero-order chi connectivity index (χ0) is 14.2. The highest BCUT2D eigenvalue weighted by Crippen LogP contribution is 2.28. The molecule has 1 aliphatic heterocycles. The zero-order valence-corrected chi connectivity index (χ0v) is 15.8. The van der Waals surface area contributed by atoms with Gasteiger partial charge in [0.15, 0.2) is 10.9 Å². The monoisotopic (exact) mass is 419 g/mol. The maximum atomic E-state index is 4.58. The summed E-state index contributed by atoms with van der Waals surface area (Å²) < 4.78 is 2.06. The van der Waals surface area contributed by atoms with E-state index in [1.807, 2.05) is 18.6 Å². The van der Waals surface area contributed by atoms with E-state index in [0.717, 1.165) is 36.2 Å². The fraction of sp³-hybridized carbons (Fsp3) is 0.571. The first-order valence-electron chi connectivity index (χ1n) is 6.94. The molecule has 1 fully saturated rings. The molecule has 0 bridgehead atoms. The molecular formula is C14H22IN5S. The summed E-state index contributed by atoms with van der Waals surface area (Å²) in [5.41, 5.74) is 1.44. The van der Waals surface area contributed by atoms with Gasteiger partial charge in [0.1, 0.15) is 0 Å². The van der Waals surface area contributed by atoms with E-state index in [1.54, 1.807) is 11.3 Å². The standard InChI is InChI=1S/C14H21N5S.HI/c1-14(2)4-5-19(10-14)12(15-3)16-8-11-9-18-6-7-20-13(18)17-11;/h6-7,9H,4-5,8,10H2,1-3H3,(H,15,16);1H. The Morgan fingerprint density at radius 1 is 1.52 bits per heavy atom. The summed E-state index contributed by atoms with van der Waals surface area (Å²) in [7, 11) is 1.85. The number of aliphatic imine (C=N–C) groups is 1. The van der Waals surface area contributed by atoms with Crippen molar-refractivity contribution < 1.29 is 0 Å². The number of rotatable bonds is 2. The number of hydrogen-bond acceptors (Lipinski definition) is 3. The lowest BCUT2D eigenvalue weighted by Crippen LogP contribution is -2.40. The summed E-state index contributed by atoms with van der Waals surface area (Å²) in [5.74, 6) is 0.979. The lowest BCUT2D eigenvalue weighted by molar-refractivity contribution is 0.370. The Bertz CT molecular complexity index is 602. The molecule has 0 radical (unpaired) electrons. The van der Waals surface area contributed by atoms with Gasteiger partial charge in [-0.2, -0.15) is 0 Å². The van der Waals surface area contributed by atoms with E-state index in [2.05, 4.69) is 44.6 Å². The molecule has 21 heavy (non-hydrogen) atoms. The van der Waals surface area contributed by atoms with Crippen LogP contribution in [-0.2, 0) is 6.54 Å². The number of imidazole rings is 1. The van der Waals surface area contributed by atoms with Crippen LogP contribution >= 0.6 is 35.3 Å². The number of nitrogens with zero attached hydrogens (tertiary/aromatic N) is 4. The Labute approximate surface area is 146 Å². The normalized spacial score (nSPS) is 18.0. The molecule has 0 aliphatic carbocycles. The third-order valence-electron chi connectivity index (χ3n) is 3.76. The van der Waals surface area contributed by atoms with Gasteiger partial charge in [0, 0.05) is 37.9 Å². The third kappa shape index (κ3) is 3.68. The van der Waals surface area contributed by atoms with Gasteiger partial charge in [0.2, 0.25) is 0 Å². The van der Waals surface area contributed by atoms with Crippen molar-refractivity contribution in [3.05, 3.63) is 23.5 Å². The molecule has 1 saturated heterocycles. The average Bonchev–Trinajstić information content (AvgIpc) is 3.04. The van der Waals surface area contributed by atoms with Crippen molar-refractivity contribution in [1.82, 2.24) is 19.6 Å². The van der Waals surface area contributed by atoms with E-state index < -0.39 is 0 Å². The van der Waals surface area contributed by atoms with Gasteiger partial charge in [-0.05, 0) is 11.8 Å². The summed E-state index contributed by atoms with van der Waals surface area (Å²) in [6.07, 6.45) is 5.32. The second-order valence-electron chi connectivity index (χ2n) is 6.06. The van der Waals surface area contributed by atoms with Crippen LogP contribution < -0.4 is 5.32 Å². The van der Waals surface area contributed by atoms with Crippen LogP contribution in [0.4, 0.5) is 0 Å². The van der Waals surface area contributed by atoms with Crippen LogP contribution in [0.25, 0.3) is 4.96 Å². The molecule has 5 nitrogen and oxygen atoms in total. The van der Waals surface area contributed by atoms with Gasteiger partial charge >= 0.3 is 0 Å². The Morgan fingerprint density at radius 3 is 2.95 bits per heavy atom. The number of aromatic nitrogens is 2. The SMILES string of the molecule is CN=C(NCc1cn2ccsc2n1)N1CCC(C)(C)C1.I. The van der Waals surface area contributed by atoms with Crippen molar-refractivity contribution >= 4 is 46.2 Å². The molecule has 2 aromatic rings. The number of fused-ring (bicyclic) bond motifs is 1. The maximum Gasteiger partial charge on any atom is 0.193 e. The Hall–Kier alpha value is -0.830. The quantitative estimate of drug-likeness (QED) is 0.463. The number of likely N-dealkylation sites (tertiary alicyclic amines) is 1. The molecule has 2 aromatic heterocycles. The van der Waals surface area contributed by atoms with Crippen LogP contribution in [0.15, 0.2) is 22.8 Å². The first-order chi connectivity index (χ1) is 9.57. The van der Waals surface area contributed by atoms with Gasteiger partial charge in [-0.25, -0.2) is 4.98 Å². The molecule has 0 amide bonds. The summed E-state index contributed by atoms with van der Waals surface area (Å²) >= 11 is 1.66. The summed E-state index contributed by atoms with van der Waals surface area (Å²) in [5, 5.41) is 5.47. The van der Waals surface area contributed by atoms with Crippen LogP contribution in [0, 0.1) is 5.41 Å². The van der Waals surface area contributed by atoms with Crippen molar-refractivity contribution in [2.75, 3.05) is 20.1 Å². The van der Waals surface area contributed by atoms with E-state index in [4.69, 9.17) is 0 Å². The molecule has 1 aliphatic rings. The van der Waals surface area contributed by atoms with Crippen molar-refractivity contribution in [2.45, 2.75) is 26.8 Å². The molecule has 1 N–H and O–H groups in total. The molecule has 3 rings (SSSR count). The molecule has 0 aromatic carbocycles. The molecule has 0 spiro atoms. The number of hydrogen-bond donors (Lipinski definition) is 1. The topological polar surface area (TPSA) is 44.9 Å². The Morgan fingerprint density at radius 2 is 2.33 bits per heavy atom. The molecule has 0 saturated carbocycles. The smallest absolute Gasteiger partial charge is 0.193 e. The number of guanidine groups is 1. The highest BCUT2D eigenvalue weighted by Gasteiger charge is 2.30. The maximum absolute atomic E-state index is 4.58. The second kappa shape index (κ2) is 6.51. The van der Waals surface area contributed by atoms with Crippen molar-refractivity contribution in [2.24, 2.45) is 10.4 Å². The van der Waals surface area contributed by atoms with Gasteiger partial charge in [-0.3, -0.25) is 9.39 Å². The minimum Gasteiger partial charge on any atom is -0.351 e. The van der Waals surface area contributed by atoms with Crippen LogP contribution in [0.5, 0.6) is 0 Å². The largest absolute Gasteiger partial charge is 0.351 e. The van der Waals surface area contributed by atoms with E-state index in [-0.39, 0.29) is 24.0 Å². The molecule has 7 heteroatoms. The lowest BCUT2D eigenvalue weighted by Gasteiger charge is -2.23. The van der Waals surface area contributed by atoms with Crippen molar-refractivity contribution in [1.29, 1.82) is 0 Å². The summed E-state index contributed by atoms with van der Waals surface area (Å²) in [4.78, 5) is 12.3. The Balaban J connectivity index is 0.00000161. The van der Waals surface area contributed by atoms with Gasteiger partial charge in [-0.1, -0.05) is 13.8 Å². The summed E-state index contributed by atoms with van der Waals surface area (Å²) in [6.45, 7) is 7.47. The summed E-state index contributed by atoms with van der Waals surface area (Å²) in [6, 6.07) is 0. The van der Waals surface area contributed by atoms with Crippen LogP contribution in [0.2, 0.25) is 0 Å². The lowest BCUT2D eigenvalue weighted by atomic mass is 9.93. The molecule has 0 unspecified atom stereocenters. The van der Waals surface area contributed by atoms with E-state index in [9.17, 15) is 0 Å². The average molecular weight is 419 g/mol. The van der Waals surface area contributed by atoms with Crippen LogP contribution in [0.1, 0.15) is 26.0 Å². The van der Waals surface area contributed by atoms with E-state index in [1.165, 1.54) is 6.42 Å². The number of thiazole rings is 1. The minimum atomic E-state index is 0. The minimum absolute atomic E-state index is 0. The molecule has 116 valence electrons. The van der Waals surface area contributed by atoms with Crippen molar-refractivity contribution in [3.63, 3.8) is 0 Å². The van der Waals surface area contributed by atoms with Gasteiger partial charge in [0.25, 0.3) is 0 Å². The second-order valence-corrected chi connectivity index (χ2v) is 6.93. The fourth-order valence-electron chi connectivity index (χ4n) is 2.66. The van der Waals surface area contributed by atoms with E-state index in [0.29, 0.717) is 5.41 Å². The van der Waals surface area contributed by atoms with Crippen LogP contribution in [0.3, 0.4) is 0 Å². The first kappa shape index (κ1) is 16.5. The predicted octanol–water partition coefficient (Wildman–Crippen LogP) is 2.82. The molecular weight excluding hydrogens is 397 g/mol. The molecule has 3 heterocycles.